The molecule has 0 aliphatic carbocycles. The van der Waals surface area contributed by atoms with Crippen LogP contribution in [0.3, 0.4) is 0 Å². The first-order valence-electron chi connectivity index (χ1n) is 14.1. The number of carbonyl (C=O) groups is 4. The molecule has 4 aromatic carbocycles. The molecule has 5 rings (SSSR count). The van der Waals surface area contributed by atoms with E-state index in [0.29, 0.717) is 35.5 Å². The van der Waals surface area contributed by atoms with Gasteiger partial charge in [0.25, 0.3) is 11.8 Å². The van der Waals surface area contributed by atoms with Gasteiger partial charge in [-0.3, -0.25) is 19.2 Å². The first-order valence-corrected chi connectivity index (χ1v) is 14.1. The van der Waals surface area contributed by atoms with Gasteiger partial charge in [0.05, 0.1) is 24.0 Å². The summed E-state index contributed by atoms with van der Waals surface area (Å²) in [7, 11) is 1.67. The Morgan fingerprint density at radius 1 is 0.857 bits per heavy atom. The zero-order valence-corrected chi connectivity index (χ0v) is 24.0. The van der Waals surface area contributed by atoms with Crippen LogP contribution < -0.4 is 20.4 Å². The van der Waals surface area contributed by atoms with Crippen LogP contribution in [0.2, 0.25) is 0 Å². The molecular weight excluding hydrogens is 528 g/mol. The molecule has 8 heteroatoms. The van der Waals surface area contributed by atoms with Gasteiger partial charge in [0.15, 0.2) is 5.78 Å². The molecule has 1 aliphatic rings. The van der Waals surface area contributed by atoms with Crippen molar-refractivity contribution in [1.29, 1.82) is 0 Å². The monoisotopic (exact) mass is 562 g/mol. The fourth-order valence-corrected chi connectivity index (χ4v) is 5.29. The summed E-state index contributed by atoms with van der Waals surface area (Å²) < 4.78 is 0. The molecule has 0 saturated carbocycles. The summed E-state index contributed by atoms with van der Waals surface area (Å²) in [5.41, 5.74) is 3.15. The number of amides is 3. The number of anilines is 2. The fraction of sp³-hybridized carbons (Fsp3) is 0.235. The number of benzene rings is 4. The lowest BCUT2D eigenvalue weighted by Gasteiger charge is -2.26. The third-order valence-electron chi connectivity index (χ3n) is 7.80. The number of carbonyl (C=O) groups excluding carboxylic acids is 4. The molecule has 214 valence electrons. The second-order valence-corrected chi connectivity index (χ2v) is 10.5. The Morgan fingerprint density at radius 3 is 2.21 bits per heavy atom. The molecule has 0 saturated heterocycles. The van der Waals surface area contributed by atoms with Crippen LogP contribution in [-0.4, -0.2) is 55.7 Å². The average molecular weight is 563 g/mol. The van der Waals surface area contributed by atoms with Crippen LogP contribution in [0.5, 0.6) is 0 Å². The number of fused-ring (bicyclic) bond motifs is 2. The topological polar surface area (TPSA) is 98.8 Å². The van der Waals surface area contributed by atoms with Gasteiger partial charge < -0.3 is 20.4 Å². The number of Topliss-reactive ketones (excluding diaryl/α,β-unsaturated/α-hetero) is 1. The number of rotatable bonds is 8. The van der Waals surface area contributed by atoms with Crippen molar-refractivity contribution >= 4 is 45.7 Å². The van der Waals surface area contributed by atoms with Gasteiger partial charge in [-0.15, -0.1) is 0 Å². The zero-order valence-electron chi connectivity index (χ0n) is 24.0. The molecule has 2 N–H and O–H groups in total. The van der Waals surface area contributed by atoms with Crippen molar-refractivity contribution in [1.82, 2.24) is 10.6 Å². The lowest BCUT2D eigenvalue weighted by atomic mass is 10.0. The first-order chi connectivity index (χ1) is 20.3. The van der Waals surface area contributed by atoms with E-state index in [0.717, 1.165) is 16.3 Å². The minimum Gasteiger partial charge on any atom is -0.341 e. The van der Waals surface area contributed by atoms with Crippen molar-refractivity contribution in [2.45, 2.75) is 32.4 Å². The molecule has 8 nitrogen and oxygen atoms in total. The molecule has 1 aliphatic heterocycles. The molecule has 1 heterocycles. The minimum atomic E-state index is -0.978. The minimum absolute atomic E-state index is 0.0456. The van der Waals surface area contributed by atoms with E-state index in [1.807, 2.05) is 42.5 Å². The Bertz CT molecular complexity index is 1640. The van der Waals surface area contributed by atoms with E-state index in [9.17, 15) is 19.2 Å². The number of para-hydroxylation sites is 2. The Kier molecular flexibility index (Phi) is 8.45. The van der Waals surface area contributed by atoms with Gasteiger partial charge in [-0.25, -0.2) is 0 Å². The second kappa shape index (κ2) is 12.4. The molecule has 0 radical (unpaired) electrons. The molecule has 0 bridgehead atoms. The van der Waals surface area contributed by atoms with Crippen LogP contribution in [-0.2, 0) is 16.0 Å². The highest BCUT2D eigenvalue weighted by Crippen LogP contribution is 2.34. The number of likely N-dealkylation sites (N-methyl/N-ethyl adjacent to an activating group) is 1. The van der Waals surface area contributed by atoms with E-state index >= 15 is 0 Å². The normalized spacial score (nSPS) is 15.6. The third-order valence-corrected chi connectivity index (χ3v) is 7.80. The highest BCUT2D eigenvalue weighted by Gasteiger charge is 2.37. The Balaban J connectivity index is 1.54. The number of hydrogen-bond acceptors (Lipinski definition) is 5. The van der Waals surface area contributed by atoms with Gasteiger partial charge in [0, 0.05) is 17.7 Å². The highest BCUT2D eigenvalue weighted by atomic mass is 16.2. The number of hydrogen-bond donors (Lipinski definition) is 2. The number of nitrogens with one attached hydrogen (secondary N) is 2. The van der Waals surface area contributed by atoms with Crippen molar-refractivity contribution < 1.29 is 19.2 Å². The zero-order chi connectivity index (χ0) is 29.8. The van der Waals surface area contributed by atoms with Crippen molar-refractivity contribution in [3.8, 4) is 0 Å². The van der Waals surface area contributed by atoms with Gasteiger partial charge >= 0.3 is 0 Å². The maximum absolute atomic E-state index is 14.2. The van der Waals surface area contributed by atoms with E-state index in [1.54, 1.807) is 48.0 Å². The summed E-state index contributed by atoms with van der Waals surface area (Å²) in [6, 6.07) is 26.5. The van der Waals surface area contributed by atoms with Crippen molar-refractivity contribution in [3.05, 3.63) is 108 Å². The Morgan fingerprint density at radius 2 is 1.50 bits per heavy atom. The standard InChI is InChI=1S/C34H34N4O4/c1-22(35-3)32(40)36-29-21-38(33(41)27-17-15-24(16-18-27)23(2)39)31-14-7-6-13-30(31)37(34(29)42)20-19-26-11-8-10-25-9-4-5-12-28(25)26/h4-18,22,29,35H,19-21H2,1-3H3,(H,36,40)/t22-,29-/m0/s1. The molecule has 0 aromatic heterocycles. The predicted octanol–water partition coefficient (Wildman–Crippen LogP) is 4.37. The smallest absolute Gasteiger partial charge is 0.258 e. The summed E-state index contributed by atoms with van der Waals surface area (Å²) in [5, 5.41) is 8.03. The van der Waals surface area contributed by atoms with Crippen LogP contribution in [0.1, 0.15) is 40.1 Å². The molecule has 4 aromatic rings. The van der Waals surface area contributed by atoms with Crippen molar-refractivity contribution in [3.63, 3.8) is 0 Å². The maximum Gasteiger partial charge on any atom is 0.258 e. The molecular formula is C34H34N4O4. The predicted molar refractivity (Wildman–Crippen MR) is 165 cm³/mol. The number of nitrogens with zero attached hydrogens (tertiary/aromatic N) is 2. The fourth-order valence-electron chi connectivity index (χ4n) is 5.29. The average Bonchev–Trinajstić information content (AvgIpc) is 3.13. The molecule has 0 spiro atoms. The van der Waals surface area contributed by atoms with Gasteiger partial charge in [0.2, 0.25) is 5.91 Å². The lowest BCUT2D eigenvalue weighted by molar-refractivity contribution is -0.128. The van der Waals surface area contributed by atoms with E-state index in [2.05, 4.69) is 34.9 Å². The maximum atomic E-state index is 14.2. The largest absolute Gasteiger partial charge is 0.341 e. The summed E-state index contributed by atoms with van der Waals surface area (Å²) in [5.74, 6) is -1.05. The summed E-state index contributed by atoms with van der Waals surface area (Å²) in [6.45, 7) is 3.49. The first kappa shape index (κ1) is 28.7. The van der Waals surface area contributed by atoms with Crippen molar-refractivity contribution in [2.75, 3.05) is 29.9 Å². The van der Waals surface area contributed by atoms with Gasteiger partial charge in [-0.1, -0.05) is 66.7 Å². The molecule has 3 amide bonds. The lowest BCUT2D eigenvalue weighted by Crippen LogP contribution is -2.56. The van der Waals surface area contributed by atoms with E-state index in [-0.39, 0.29) is 30.0 Å². The molecule has 2 atom stereocenters. The van der Waals surface area contributed by atoms with Crippen molar-refractivity contribution in [2.24, 2.45) is 0 Å². The van der Waals surface area contributed by atoms with Gasteiger partial charge in [0.1, 0.15) is 6.04 Å². The quantitative estimate of drug-likeness (QED) is 0.311. The Hall–Kier alpha value is -4.82. The van der Waals surface area contributed by atoms with Crippen LogP contribution in [0.15, 0.2) is 91.0 Å². The SMILES string of the molecule is CN[C@@H](C)C(=O)N[C@H]1CN(C(=O)c2ccc(C(C)=O)cc2)c2ccccc2N(CCc2cccc3ccccc23)C1=O. The van der Waals surface area contributed by atoms with Crippen LogP contribution in [0, 0.1) is 0 Å². The van der Waals surface area contributed by atoms with Crippen LogP contribution >= 0.6 is 0 Å². The summed E-state index contributed by atoms with van der Waals surface area (Å²) in [6.07, 6.45) is 0.579. The van der Waals surface area contributed by atoms with Crippen LogP contribution in [0.4, 0.5) is 11.4 Å². The molecule has 0 fully saturated rings. The van der Waals surface area contributed by atoms with E-state index < -0.39 is 12.1 Å². The van der Waals surface area contributed by atoms with Gasteiger partial charge in [-0.05, 0) is 67.9 Å². The Labute approximate surface area is 245 Å². The highest BCUT2D eigenvalue weighted by molar-refractivity contribution is 6.13. The van der Waals surface area contributed by atoms with Gasteiger partial charge in [-0.2, -0.15) is 0 Å². The summed E-state index contributed by atoms with van der Waals surface area (Å²) >= 11 is 0. The third kappa shape index (κ3) is 5.80. The summed E-state index contributed by atoms with van der Waals surface area (Å²) in [4.78, 5) is 56.1. The number of ketones is 1. The molecule has 42 heavy (non-hydrogen) atoms. The second-order valence-electron chi connectivity index (χ2n) is 10.5. The van der Waals surface area contributed by atoms with Crippen LogP contribution in [0.25, 0.3) is 10.8 Å². The van der Waals surface area contributed by atoms with E-state index in [4.69, 9.17) is 0 Å². The van der Waals surface area contributed by atoms with E-state index in [1.165, 1.54) is 6.92 Å². The molecule has 0 unspecified atom stereocenters.